The van der Waals surface area contributed by atoms with Gasteiger partial charge in [0.25, 0.3) is 5.91 Å². The topological polar surface area (TPSA) is 115 Å². The lowest BCUT2D eigenvalue weighted by Crippen LogP contribution is -2.24. The number of carbonyl (C=O) groups excluding carboxylic acids is 3. The molecule has 0 aliphatic carbocycles. The normalized spacial score (nSPS) is 10.4. The fraction of sp³-hybridized carbons (Fsp3) is 0.190. The average molecular weight is 439 g/mol. The zero-order valence-corrected chi connectivity index (χ0v) is 17.8. The predicted octanol–water partition coefficient (Wildman–Crippen LogP) is 2.26. The number of hydrogen-bond donors (Lipinski definition) is 2. The smallest absolute Gasteiger partial charge is 0.337 e. The first-order valence-corrected chi connectivity index (χ1v) is 10.3. The molecule has 9 nitrogen and oxygen atoms in total. The Morgan fingerprint density at radius 3 is 2.52 bits per heavy atom. The number of benzene rings is 2. The standard InChI is InChI=1S/C21H21N5O4S/c1-26-17(12-22-19(28)14-7-4-3-5-8-14)24-25-21(26)31-13-18(27)23-16-10-6-9-15(11-16)20(29)30-2/h3-11H,12-13H2,1-2H3,(H,22,28)(H,23,27). The minimum absolute atomic E-state index is 0.102. The Morgan fingerprint density at radius 2 is 1.77 bits per heavy atom. The number of hydrogen-bond acceptors (Lipinski definition) is 7. The summed E-state index contributed by atoms with van der Waals surface area (Å²) in [6.45, 7) is 0.213. The second kappa shape index (κ2) is 10.4. The molecule has 0 saturated heterocycles. The number of nitrogens with zero attached hydrogens (tertiary/aromatic N) is 3. The molecule has 0 unspecified atom stereocenters. The third-order valence-electron chi connectivity index (χ3n) is 4.27. The van der Waals surface area contributed by atoms with Crippen LogP contribution >= 0.6 is 11.8 Å². The molecule has 2 aromatic carbocycles. The zero-order valence-electron chi connectivity index (χ0n) is 17.0. The van der Waals surface area contributed by atoms with E-state index in [9.17, 15) is 14.4 Å². The molecule has 1 aromatic heterocycles. The molecule has 0 saturated carbocycles. The maximum atomic E-state index is 12.3. The van der Waals surface area contributed by atoms with E-state index in [1.807, 2.05) is 6.07 Å². The summed E-state index contributed by atoms with van der Waals surface area (Å²) in [5.74, 6) is -0.264. The number of rotatable bonds is 8. The van der Waals surface area contributed by atoms with Crippen molar-refractivity contribution in [1.29, 1.82) is 0 Å². The van der Waals surface area contributed by atoms with Crippen molar-refractivity contribution in [3.63, 3.8) is 0 Å². The molecule has 10 heteroatoms. The number of amides is 2. The van der Waals surface area contributed by atoms with Crippen molar-refractivity contribution in [2.24, 2.45) is 7.05 Å². The summed E-state index contributed by atoms with van der Waals surface area (Å²) in [5.41, 5.74) is 1.41. The number of aromatic nitrogens is 3. The van der Waals surface area contributed by atoms with Gasteiger partial charge in [-0.05, 0) is 30.3 Å². The molecule has 2 N–H and O–H groups in total. The van der Waals surface area contributed by atoms with Gasteiger partial charge in [0.1, 0.15) is 0 Å². The minimum atomic E-state index is -0.476. The van der Waals surface area contributed by atoms with Crippen molar-refractivity contribution in [3.8, 4) is 0 Å². The number of esters is 1. The third-order valence-corrected chi connectivity index (χ3v) is 5.29. The molecule has 0 fully saturated rings. The zero-order chi connectivity index (χ0) is 22.2. The lowest BCUT2D eigenvalue weighted by atomic mass is 10.2. The van der Waals surface area contributed by atoms with E-state index in [-0.39, 0.29) is 24.1 Å². The van der Waals surface area contributed by atoms with E-state index >= 15 is 0 Å². The molecule has 3 aromatic rings. The number of anilines is 1. The molecule has 0 atom stereocenters. The summed E-state index contributed by atoms with van der Waals surface area (Å²) in [5, 5.41) is 14.2. The number of nitrogens with one attached hydrogen (secondary N) is 2. The van der Waals surface area contributed by atoms with Gasteiger partial charge in [-0.2, -0.15) is 0 Å². The van der Waals surface area contributed by atoms with Crippen molar-refractivity contribution >= 4 is 35.2 Å². The first-order chi connectivity index (χ1) is 15.0. The summed E-state index contributed by atoms with van der Waals surface area (Å²) < 4.78 is 6.40. The highest BCUT2D eigenvalue weighted by atomic mass is 32.2. The van der Waals surface area contributed by atoms with Crippen LogP contribution in [0.4, 0.5) is 5.69 Å². The van der Waals surface area contributed by atoms with Gasteiger partial charge in [-0.1, -0.05) is 36.0 Å². The quantitative estimate of drug-likeness (QED) is 0.409. The maximum absolute atomic E-state index is 12.3. The molecule has 0 aliphatic rings. The molecule has 3 rings (SSSR count). The van der Waals surface area contributed by atoms with E-state index in [1.54, 1.807) is 60.1 Å². The fourth-order valence-corrected chi connectivity index (χ4v) is 3.37. The molecule has 31 heavy (non-hydrogen) atoms. The largest absolute Gasteiger partial charge is 0.465 e. The molecule has 0 aliphatic heterocycles. The summed E-state index contributed by atoms with van der Waals surface area (Å²) in [7, 11) is 3.07. The van der Waals surface area contributed by atoms with Crippen molar-refractivity contribution in [2.45, 2.75) is 11.7 Å². The van der Waals surface area contributed by atoms with Gasteiger partial charge in [0.15, 0.2) is 11.0 Å². The molecule has 0 bridgehead atoms. The molecular formula is C21H21N5O4S. The molecule has 0 spiro atoms. The van der Waals surface area contributed by atoms with Gasteiger partial charge in [0.05, 0.1) is 25.0 Å². The van der Waals surface area contributed by atoms with E-state index in [4.69, 9.17) is 0 Å². The Balaban J connectivity index is 1.52. The maximum Gasteiger partial charge on any atom is 0.337 e. The minimum Gasteiger partial charge on any atom is -0.465 e. The number of carbonyl (C=O) groups is 3. The van der Waals surface area contributed by atoms with Gasteiger partial charge in [0.2, 0.25) is 5.91 Å². The lowest BCUT2D eigenvalue weighted by Gasteiger charge is -2.07. The van der Waals surface area contributed by atoms with E-state index in [1.165, 1.54) is 18.9 Å². The van der Waals surface area contributed by atoms with Crippen LogP contribution < -0.4 is 10.6 Å². The monoisotopic (exact) mass is 439 g/mol. The second-order valence-electron chi connectivity index (χ2n) is 6.42. The number of thioether (sulfide) groups is 1. The van der Waals surface area contributed by atoms with Crippen molar-refractivity contribution in [2.75, 3.05) is 18.2 Å². The van der Waals surface area contributed by atoms with Gasteiger partial charge in [-0.25, -0.2) is 4.79 Å². The Hall–Kier alpha value is -3.66. The van der Waals surface area contributed by atoms with Crippen LogP contribution in [0.25, 0.3) is 0 Å². The highest BCUT2D eigenvalue weighted by Crippen LogP contribution is 2.17. The first-order valence-electron chi connectivity index (χ1n) is 9.30. The number of ether oxygens (including phenoxy) is 1. The summed E-state index contributed by atoms with van der Waals surface area (Å²) in [6.07, 6.45) is 0. The van der Waals surface area contributed by atoms with Gasteiger partial charge in [-0.15, -0.1) is 10.2 Å². The van der Waals surface area contributed by atoms with Gasteiger partial charge in [0, 0.05) is 18.3 Å². The SMILES string of the molecule is COC(=O)c1cccc(NC(=O)CSc2nnc(CNC(=O)c3ccccc3)n2C)c1. The van der Waals surface area contributed by atoms with Crippen LogP contribution in [0.3, 0.4) is 0 Å². The summed E-state index contributed by atoms with van der Waals surface area (Å²) in [6, 6.07) is 15.4. The van der Waals surface area contributed by atoms with Gasteiger partial charge < -0.3 is 19.9 Å². The molecule has 0 radical (unpaired) electrons. The highest BCUT2D eigenvalue weighted by molar-refractivity contribution is 7.99. The lowest BCUT2D eigenvalue weighted by molar-refractivity contribution is -0.113. The predicted molar refractivity (Wildman–Crippen MR) is 116 cm³/mol. The van der Waals surface area contributed by atoms with E-state index < -0.39 is 5.97 Å². The van der Waals surface area contributed by atoms with E-state index in [0.717, 1.165) is 0 Å². The van der Waals surface area contributed by atoms with Crippen LogP contribution in [0, 0.1) is 0 Å². The second-order valence-corrected chi connectivity index (χ2v) is 7.36. The number of methoxy groups -OCH3 is 1. The van der Waals surface area contributed by atoms with Crippen molar-refractivity contribution in [3.05, 3.63) is 71.5 Å². The Bertz CT molecular complexity index is 1080. The van der Waals surface area contributed by atoms with E-state index in [0.29, 0.717) is 27.8 Å². The molecule has 160 valence electrons. The van der Waals surface area contributed by atoms with Crippen LogP contribution in [0.5, 0.6) is 0 Å². The van der Waals surface area contributed by atoms with Crippen LogP contribution in [-0.4, -0.2) is 45.4 Å². The molecule has 1 heterocycles. The Labute approximate surface area is 183 Å². The molecule has 2 amide bonds. The first kappa shape index (κ1) is 22.0. The fourth-order valence-electron chi connectivity index (χ4n) is 2.64. The Morgan fingerprint density at radius 1 is 1.03 bits per heavy atom. The van der Waals surface area contributed by atoms with E-state index in [2.05, 4.69) is 25.6 Å². The Kier molecular flexibility index (Phi) is 7.39. The summed E-state index contributed by atoms with van der Waals surface area (Å²) >= 11 is 1.21. The highest BCUT2D eigenvalue weighted by Gasteiger charge is 2.14. The van der Waals surface area contributed by atoms with Crippen LogP contribution in [-0.2, 0) is 23.1 Å². The van der Waals surface area contributed by atoms with Gasteiger partial charge >= 0.3 is 5.97 Å². The van der Waals surface area contributed by atoms with Gasteiger partial charge in [-0.3, -0.25) is 9.59 Å². The van der Waals surface area contributed by atoms with Crippen molar-refractivity contribution in [1.82, 2.24) is 20.1 Å². The molecular weight excluding hydrogens is 418 g/mol. The summed E-state index contributed by atoms with van der Waals surface area (Å²) in [4.78, 5) is 36.0. The van der Waals surface area contributed by atoms with Crippen molar-refractivity contribution < 1.29 is 19.1 Å². The average Bonchev–Trinajstić information content (AvgIpc) is 3.15. The third kappa shape index (κ3) is 5.92. The van der Waals surface area contributed by atoms with Crippen LogP contribution in [0.1, 0.15) is 26.5 Å². The van der Waals surface area contributed by atoms with Crippen LogP contribution in [0.15, 0.2) is 59.8 Å². The van der Waals surface area contributed by atoms with Crippen LogP contribution in [0.2, 0.25) is 0 Å².